The molecule has 1 saturated carbocycles. The number of pyridine rings is 1. The van der Waals surface area contributed by atoms with E-state index in [4.69, 9.17) is 0 Å². The van der Waals surface area contributed by atoms with Crippen LogP contribution in [0.3, 0.4) is 0 Å². The Morgan fingerprint density at radius 1 is 1.38 bits per heavy atom. The molecular formula is C17H25N3O. The minimum atomic E-state index is 0.124. The Bertz CT molecular complexity index is 569. The first kappa shape index (κ1) is 14.4. The summed E-state index contributed by atoms with van der Waals surface area (Å²) in [5, 5.41) is 3.03. The maximum atomic E-state index is 13.0. The zero-order valence-corrected chi connectivity index (χ0v) is 13.4. The molecule has 3 rings (SSSR count). The summed E-state index contributed by atoms with van der Waals surface area (Å²) in [4.78, 5) is 19.3. The summed E-state index contributed by atoms with van der Waals surface area (Å²) in [7, 11) is 1.81. The summed E-state index contributed by atoms with van der Waals surface area (Å²) < 4.78 is 0. The standard InChI is InChI=1S/C17H25N3O/c1-16(2)8-12-9-17(3,10-16)11-20(12)15(21)13-6-5-7-19-14(13)18-4/h5-7,12H,8-11H2,1-4H3,(H,18,19). The Kier molecular flexibility index (Phi) is 3.23. The molecule has 1 amide bonds. The fourth-order valence-corrected chi connectivity index (χ4v) is 4.63. The van der Waals surface area contributed by atoms with Crippen LogP contribution in [0.1, 0.15) is 50.4 Å². The van der Waals surface area contributed by atoms with Gasteiger partial charge in [-0.2, -0.15) is 0 Å². The Labute approximate surface area is 126 Å². The average molecular weight is 287 g/mol. The van der Waals surface area contributed by atoms with Gasteiger partial charge in [0.1, 0.15) is 5.82 Å². The molecule has 4 nitrogen and oxygen atoms in total. The van der Waals surface area contributed by atoms with E-state index < -0.39 is 0 Å². The molecule has 2 atom stereocenters. The lowest BCUT2D eigenvalue weighted by Crippen LogP contribution is -2.38. The second-order valence-electron chi connectivity index (χ2n) is 7.80. The molecule has 1 aliphatic carbocycles. The van der Waals surface area contributed by atoms with Crippen molar-refractivity contribution < 1.29 is 4.79 Å². The Morgan fingerprint density at radius 2 is 2.14 bits per heavy atom. The summed E-state index contributed by atoms with van der Waals surface area (Å²) >= 11 is 0. The Hall–Kier alpha value is -1.58. The molecular weight excluding hydrogens is 262 g/mol. The number of hydrogen-bond donors (Lipinski definition) is 1. The van der Waals surface area contributed by atoms with Crippen LogP contribution < -0.4 is 5.32 Å². The number of hydrogen-bond acceptors (Lipinski definition) is 3. The highest BCUT2D eigenvalue weighted by Gasteiger charge is 2.51. The molecule has 1 aromatic rings. The van der Waals surface area contributed by atoms with Crippen LogP contribution in [0, 0.1) is 10.8 Å². The van der Waals surface area contributed by atoms with E-state index in [1.54, 1.807) is 6.20 Å². The van der Waals surface area contributed by atoms with E-state index in [-0.39, 0.29) is 11.3 Å². The number of nitrogens with zero attached hydrogens (tertiary/aromatic N) is 2. The lowest BCUT2D eigenvalue weighted by atomic mass is 9.65. The van der Waals surface area contributed by atoms with Gasteiger partial charge in [-0.3, -0.25) is 4.79 Å². The molecule has 4 heteroatoms. The lowest BCUT2D eigenvalue weighted by molar-refractivity contribution is 0.0709. The molecule has 0 aromatic carbocycles. The molecule has 2 fully saturated rings. The lowest BCUT2D eigenvalue weighted by Gasteiger charge is -2.39. The van der Waals surface area contributed by atoms with E-state index >= 15 is 0 Å². The summed E-state index contributed by atoms with van der Waals surface area (Å²) in [6, 6.07) is 4.08. The van der Waals surface area contributed by atoms with Crippen LogP contribution in [0.2, 0.25) is 0 Å². The Morgan fingerprint density at radius 3 is 2.86 bits per heavy atom. The van der Waals surface area contributed by atoms with E-state index in [2.05, 4.69) is 36.0 Å². The number of amides is 1. The van der Waals surface area contributed by atoms with Crippen LogP contribution in [-0.4, -0.2) is 35.4 Å². The van der Waals surface area contributed by atoms with Crippen LogP contribution in [0.15, 0.2) is 18.3 Å². The number of rotatable bonds is 2. The first-order valence-corrected chi connectivity index (χ1v) is 7.77. The number of fused-ring (bicyclic) bond motifs is 2. The van der Waals surface area contributed by atoms with Gasteiger partial charge in [-0.1, -0.05) is 20.8 Å². The van der Waals surface area contributed by atoms with Crippen LogP contribution in [0.25, 0.3) is 0 Å². The van der Waals surface area contributed by atoms with Gasteiger partial charge >= 0.3 is 0 Å². The fraction of sp³-hybridized carbons (Fsp3) is 0.647. The second-order valence-corrected chi connectivity index (χ2v) is 7.80. The summed E-state index contributed by atoms with van der Waals surface area (Å²) in [6.07, 6.45) is 5.16. The summed E-state index contributed by atoms with van der Waals surface area (Å²) in [5.41, 5.74) is 1.28. The number of likely N-dealkylation sites (tertiary alicyclic amines) is 1. The number of nitrogens with one attached hydrogen (secondary N) is 1. The molecule has 0 spiro atoms. The SMILES string of the molecule is CNc1ncccc1C(=O)N1CC2(C)CC1CC(C)(C)C2. The Balaban J connectivity index is 1.90. The van der Waals surface area contributed by atoms with Gasteiger partial charge < -0.3 is 10.2 Å². The normalized spacial score (nSPS) is 30.3. The molecule has 0 radical (unpaired) electrons. The van der Waals surface area contributed by atoms with E-state index in [1.807, 2.05) is 19.2 Å². The van der Waals surface area contributed by atoms with Gasteiger partial charge in [0.15, 0.2) is 0 Å². The van der Waals surface area contributed by atoms with Crippen molar-refractivity contribution in [2.24, 2.45) is 10.8 Å². The largest absolute Gasteiger partial charge is 0.372 e. The predicted molar refractivity (Wildman–Crippen MR) is 84.3 cm³/mol. The highest BCUT2D eigenvalue weighted by molar-refractivity contribution is 5.99. The fourth-order valence-electron chi connectivity index (χ4n) is 4.63. The first-order chi connectivity index (χ1) is 9.84. The third-order valence-corrected chi connectivity index (χ3v) is 4.95. The molecule has 1 N–H and O–H groups in total. The number of aromatic nitrogens is 1. The predicted octanol–water partition coefficient (Wildman–Crippen LogP) is 3.16. The van der Waals surface area contributed by atoms with Crippen LogP contribution in [0.5, 0.6) is 0 Å². The summed E-state index contributed by atoms with van der Waals surface area (Å²) in [6.45, 7) is 7.86. The quantitative estimate of drug-likeness (QED) is 0.908. The van der Waals surface area contributed by atoms with Crippen molar-refractivity contribution in [2.45, 2.75) is 46.1 Å². The van der Waals surface area contributed by atoms with Gasteiger partial charge in [0.25, 0.3) is 5.91 Å². The first-order valence-electron chi connectivity index (χ1n) is 7.77. The van der Waals surface area contributed by atoms with Crippen molar-refractivity contribution in [1.82, 2.24) is 9.88 Å². The molecule has 1 aromatic heterocycles. The van der Waals surface area contributed by atoms with Crippen LogP contribution >= 0.6 is 0 Å². The second kappa shape index (κ2) is 4.72. The highest BCUT2D eigenvalue weighted by Crippen LogP contribution is 2.52. The van der Waals surface area contributed by atoms with Gasteiger partial charge in [-0.15, -0.1) is 0 Å². The van der Waals surface area contributed by atoms with Gasteiger partial charge in [0, 0.05) is 25.8 Å². The summed E-state index contributed by atoms with van der Waals surface area (Å²) in [5.74, 6) is 0.798. The smallest absolute Gasteiger partial charge is 0.257 e. The molecule has 114 valence electrons. The molecule has 21 heavy (non-hydrogen) atoms. The van der Waals surface area contributed by atoms with E-state index in [0.29, 0.717) is 22.8 Å². The maximum Gasteiger partial charge on any atom is 0.257 e. The number of anilines is 1. The van der Waals surface area contributed by atoms with Crippen molar-refractivity contribution in [3.8, 4) is 0 Å². The van der Waals surface area contributed by atoms with Crippen LogP contribution in [0.4, 0.5) is 5.82 Å². The van der Waals surface area contributed by atoms with Crippen molar-refractivity contribution in [3.05, 3.63) is 23.9 Å². The molecule has 2 aliphatic rings. The third-order valence-electron chi connectivity index (χ3n) is 4.95. The topological polar surface area (TPSA) is 45.2 Å². The molecule has 1 saturated heterocycles. The highest BCUT2D eigenvalue weighted by atomic mass is 16.2. The van der Waals surface area contributed by atoms with E-state index in [9.17, 15) is 4.79 Å². The monoisotopic (exact) mass is 287 g/mol. The minimum Gasteiger partial charge on any atom is -0.372 e. The number of carbonyl (C=O) groups excluding carboxylic acids is 1. The minimum absolute atomic E-state index is 0.124. The van der Waals surface area contributed by atoms with Gasteiger partial charge in [0.05, 0.1) is 5.56 Å². The zero-order chi connectivity index (χ0) is 15.3. The van der Waals surface area contributed by atoms with Gasteiger partial charge in [-0.05, 0) is 42.2 Å². The zero-order valence-electron chi connectivity index (χ0n) is 13.4. The third kappa shape index (κ3) is 2.52. The van der Waals surface area contributed by atoms with E-state index in [0.717, 1.165) is 19.4 Å². The molecule has 1 aliphatic heterocycles. The molecule has 2 heterocycles. The van der Waals surface area contributed by atoms with Crippen LogP contribution in [-0.2, 0) is 0 Å². The van der Waals surface area contributed by atoms with Crippen molar-refractivity contribution >= 4 is 11.7 Å². The maximum absolute atomic E-state index is 13.0. The van der Waals surface area contributed by atoms with Crippen molar-refractivity contribution in [2.75, 3.05) is 18.9 Å². The van der Waals surface area contributed by atoms with E-state index in [1.165, 1.54) is 6.42 Å². The average Bonchev–Trinajstić information content (AvgIpc) is 2.67. The molecule has 2 unspecified atom stereocenters. The van der Waals surface area contributed by atoms with Crippen molar-refractivity contribution in [1.29, 1.82) is 0 Å². The molecule has 2 bridgehead atoms. The van der Waals surface area contributed by atoms with Gasteiger partial charge in [-0.25, -0.2) is 4.98 Å². The van der Waals surface area contributed by atoms with Crippen molar-refractivity contribution in [3.63, 3.8) is 0 Å². The van der Waals surface area contributed by atoms with Gasteiger partial charge in [0.2, 0.25) is 0 Å². The number of carbonyl (C=O) groups is 1.